The molecule has 0 saturated heterocycles. The fraction of sp³-hybridized carbons (Fsp3) is 0.200. The van der Waals surface area contributed by atoms with Crippen LogP contribution in [-0.2, 0) is 14.6 Å². The molecule has 2 aromatic carbocycles. The maximum absolute atomic E-state index is 12.4. The van der Waals surface area contributed by atoms with Gasteiger partial charge in [0.1, 0.15) is 0 Å². The van der Waals surface area contributed by atoms with Crippen LogP contribution in [0.1, 0.15) is 16.9 Å². The number of nitrogens with zero attached hydrogens (tertiary/aromatic N) is 1. The van der Waals surface area contributed by atoms with Crippen molar-refractivity contribution in [2.75, 3.05) is 11.1 Å². The van der Waals surface area contributed by atoms with Crippen molar-refractivity contribution in [2.24, 2.45) is 0 Å². The van der Waals surface area contributed by atoms with Crippen molar-refractivity contribution in [3.63, 3.8) is 0 Å². The van der Waals surface area contributed by atoms with Gasteiger partial charge in [0, 0.05) is 21.9 Å². The summed E-state index contributed by atoms with van der Waals surface area (Å²) in [6.45, 7) is 3.80. The molecular formula is C20H19ClN2O3S2. The van der Waals surface area contributed by atoms with E-state index in [0.717, 1.165) is 21.7 Å². The maximum atomic E-state index is 12.4. The average Bonchev–Trinajstić information content (AvgIpc) is 3.01. The highest BCUT2D eigenvalue weighted by Crippen LogP contribution is 2.31. The number of rotatable bonds is 6. The Balaban J connectivity index is 1.64. The number of hydrogen-bond donors (Lipinski definition) is 1. The molecule has 1 aromatic heterocycles. The Hall–Kier alpha value is -2.22. The first-order chi connectivity index (χ1) is 13.2. The predicted octanol–water partition coefficient (Wildman–Crippen LogP) is 4.88. The third-order valence-corrected chi connectivity index (χ3v) is 7.01. The molecular weight excluding hydrogens is 416 g/mol. The molecule has 1 amide bonds. The first-order valence-corrected chi connectivity index (χ1v) is 11.4. The van der Waals surface area contributed by atoms with Crippen LogP contribution in [0.15, 0.2) is 53.4 Å². The Morgan fingerprint density at radius 2 is 1.71 bits per heavy atom. The molecule has 0 aliphatic carbocycles. The summed E-state index contributed by atoms with van der Waals surface area (Å²) in [6, 6.07) is 13.9. The topological polar surface area (TPSA) is 76.1 Å². The number of aryl methyl sites for hydroxylation is 2. The zero-order valence-electron chi connectivity index (χ0n) is 15.4. The van der Waals surface area contributed by atoms with Gasteiger partial charge in [-0.15, -0.1) is 11.3 Å². The molecule has 0 spiro atoms. The standard InChI is InChI=1S/C20H19ClN2O3S2/c1-13-3-9-17(10-4-13)28(25,26)12-11-18(24)22-20-23-19(14(2)27-20)15-5-7-16(21)8-6-15/h3-10H,11-12H2,1-2H3,(H,22,23,24). The fourth-order valence-electron chi connectivity index (χ4n) is 2.60. The van der Waals surface area contributed by atoms with E-state index in [0.29, 0.717) is 10.2 Å². The van der Waals surface area contributed by atoms with E-state index in [1.807, 2.05) is 26.0 Å². The van der Waals surface area contributed by atoms with Crippen molar-refractivity contribution >= 4 is 43.8 Å². The minimum absolute atomic E-state index is 0.134. The number of nitrogens with one attached hydrogen (secondary N) is 1. The number of anilines is 1. The van der Waals surface area contributed by atoms with Crippen LogP contribution >= 0.6 is 22.9 Å². The number of hydrogen-bond acceptors (Lipinski definition) is 5. The van der Waals surface area contributed by atoms with E-state index in [-0.39, 0.29) is 23.0 Å². The number of carbonyl (C=O) groups is 1. The number of benzene rings is 2. The van der Waals surface area contributed by atoms with Crippen molar-refractivity contribution in [3.05, 3.63) is 64.0 Å². The highest BCUT2D eigenvalue weighted by atomic mass is 35.5. The van der Waals surface area contributed by atoms with Gasteiger partial charge in [0.25, 0.3) is 0 Å². The van der Waals surface area contributed by atoms with Gasteiger partial charge >= 0.3 is 0 Å². The molecule has 0 unspecified atom stereocenters. The zero-order chi connectivity index (χ0) is 20.3. The number of halogens is 1. The van der Waals surface area contributed by atoms with Crippen LogP contribution in [0.5, 0.6) is 0 Å². The predicted molar refractivity (Wildman–Crippen MR) is 114 cm³/mol. The van der Waals surface area contributed by atoms with Gasteiger partial charge in [-0.2, -0.15) is 0 Å². The lowest BCUT2D eigenvalue weighted by Gasteiger charge is -2.05. The van der Waals surface area contributed by atoms with E-state index in [1.54, 1.807) is 36.4 Å². The lowest BCUT2D eigenvalue weighted by Crippen LogP contribution is -2.17. The van der Waals surface area contributed by atoms with Crippen molar-refractivity contribution < 1.29 is 13.2 Å². The van der Waals surface area contributed by atoms with Gasteiger partial charge in [-0.3, -0.25) is 4.79 Å². The summed E-state index contributed by atoms with van der Waals surface area (Å²) in [5.74, 6) is -0.636. The summed E-state index contributed by atoms with van der Waals surface area (Å²) in [5.41, 5.74) is 2.65. The molecule has 0 radical (unpaired) electrons. The summed E-state index contributed by atoms with van der Waals surface area (Å²) >= 11 is 7.26. The van der Waals surface area contributed by atoms with Crippen LogP contribution in [0.25, 0.3) is 11.3 Å². The molecule has 3 rings (SSSR count). The molecule has 28 heavy (non-hydrogen) atoms. The summed E-state index contributed by atoms with van der Waals surface area (Å²) in [5, 5.41) is 3.78. The lowest BCUT2D eigenvalue weighted by atomic mass is 10.1. The molecule has 0 aliphatic rings. The number of carbonyl (C=O) groups excluding carboxylic acids is 1. The van der Waals surface area contributed by atoms with Crippen molar-refractivity contribution in [2.45, 2.75) is 25.2 Å². The molecule has 146 valence electrons. The Bertz CT molecular complexity index is 1090. The van der Waals surface area contributed by atoms with Crippen molar-refractivity contribution in [1.82, 2.24) is 4.98 Å². The first kappa shape index (κ1) is 20.5. The summed E-state index contributed by atoms with van der Waals surface area (Å²) < 4.78 is 24.7. The highest BCUT2D eigenvalue weighted by molar-refractivity contribution is 7.91. The normalized spacial score (nSPS) is 11.4. The fourth-order valence-corrected chi connectivity index (χ4v) is 4.82. The molecule has 0 saturated carbocycles. The Labute approximate surface area is 173 Å². The Kier molecular flexibility index (Phi) is 6.17. The summed E-state index contributed by atoms with van der Waals surface area (Å²) in [6.07, 6.45) is -0.134. The van der Waals surface area contributed by atoms with E-state index in [2.05, 4.69) is 10.3 Å². The van der Waals surface area contributed by atoms with E-state index in [4.69, 9.17) is 11.6 Å². The highest BCUT2D eigenvalue weighted by Gasteiger charge is 2.18. The minimum Gasteiger partial charge on any atom is -0.302 e. The smallest absolute Gasteiger partial charge is 0.227 e. The van der Waals surface area contributed by atoms with Crippen LogP contribution in [0.2, 0.25) is 5.02 Å². The number of thiazole rings is 1. The van der Waals surface area contributed by atoms with Crippen molar-refractivity contribution in [1.29, 1.82) is 0 Å². The number of amides is 1. The average molecular weight is 435 g/mol. The van der Waals surface area contributed by atoms with Crippen molar-refractivity contribution in [3.8, 4) is 11.3 Å². The quantitative estimate of drug-likeness (QED) is 0.599. The second kappa shape index (κ2) is 8.43. The van der Waals surface area contributed by atoms with Gasteiger partial charge in [-0.05, 0) is 38.1 Å². The lowest BCUT2D eigenvalue weighted by molar-refractivity contribution is -0.115. The van der Waals surface area contributed by atoms with Gasteiger partial charge < -0.3 is 5.32 Å². The molecule has 0 bridgehead atoms. The molecule has 0 atom stereocenters. The van der Waals surface area contributed by atoms with Gasteiger partial charge in [-0.1, -0.05) is 41.4 Å². The van der Waals surface area contributed by atoms with Gasteiger partial charge in [0.15, 0.2) is 15.0 Å². The summed E-state index contributed by atoms with van der Waals surface area (Å²) in [7, 11) is -3.50. The SMILES string of the molecule is Cc1ccc(S(=O)(=O)CCC(=O)Nc2nc(-c3ccc(Cl)cc3)c(C)s2)cc1. The monoisotopic (exact) mass is 434 g/mol. The second-order valence-electron chi connectivity index (χ2n) is 6.36. The van der Waals surface area contributed by atoms with Gasteiger partial charge in [0.2, 0.25) is 5.91 Å². The maximum Gasteiger partial charge on any atom is 0.227 e. The molecule has 1 N–H and O–H groups in total. The van der Waals surface area contributed by atoms with Crippen LogP contribution in [0.3, 0.4) is 0 Å². The molecule has 1 heterocycles. The van der Waals surface area contributed by atoms with E-state index < -0.39 is 9.84 Å². The Morgan fingerprint density at radius 3 is 2.36 bits per heavy atom. The third kappa shape index (κ3) is 4.98. The molecule has 5 nitrogen and oxygen atoms in total. The van der Waals surface area contributed by atoms with Crippen LogP contribution in [0, 0.1) is 13.8 Å². The van der Waals surface area contributed by atoms with E-state index >= 15 is 0 Å². The molecule has 0 aliphatic heterocycles. The van der Waals surface area contributed by atoms with Gasteiger partial charge in [-0.25, -0.2) is 13.4 Å². The largest absolute Gasteiger partial charge is 0.302 e. The molecule has 0 fully saturated rings. The number of sulfone groups is 1. The van der Waals surface area contributed by atoms with E-state index in [1.165, 1.54) is 11.3 Å². The molecule has 3 aromatic rings. The molecule has 8 heteroatoms. The van der Waals surface area contributed by atoms with E-state index in [9.17, 15) is 13.2 Å². The van der Waals surface area contributed by atoms with Crippen LogP contribution < -0.4 is 5.32 Å². The summed E-state index contributed by atoms with van der Waals surface area (Å²) in [4.78, 5) is 17.8. The third-order valence-electron chi connectivity index (χ3n) is 4.14. The second-order valence-corrected chi connectivity index (χ2v) is 10.1. The first-order valence-electron chi connectivity index (χ1n) is 8.57. The zero-order valence-corrected chi connectivity index (χ0v) is 17.8. The van der Waals surface area contributed by atoms with Crippen LogP contribution in [-0.4, -0.2) is 25.1 Å². The van der Waals surface area contributed by atoms with Gasteiger partial charge in [0.05, 0.1) is 16.3 Å². The minimum atomic E-state index is -3.50. The number of aromatic nitrogens is 1. The Morgan fingerprint density at radius 1 is 1.07 bits per heavy atom. The van der Waals surface area contributed by atoms with Crippen LogP contribution in [0.4, 0.5) is 5.13 Å².